The lowest BCUT2D eigenvalue weighted by Gasteiger charge is -2.20. The molecule has 216 valence electrons. The van der Waals surface area contributed by atoms with Crippen LogP contribution < -0.4 is 20.5 Å². The zero-order valence-corrected chi connectivity index (χ0v) is 23.8. The Hall–Kier alpha value is -5.12. The highest BCUT2D eigenvalue weighted by Crippen LogP contribution is 2.36. The summed E-state index contributed by atoms with van der Waals surface area (Å²) in [5.41, 5.74) is 9.96. The number of aryl methyl sites for hydroxylation is 2. The quantitative estimate of drug-likeness (QED) is 0.177. The SMILES string of the molecule is CNc1nc(-c2c(C(N)=O)noc2CCc2cc(C(C)C)c(OCc3ccccc3)cc2OCc2ccccc2)no1. The van der Waals surface area contributed by atoms with E-state index in [-0.39, 0.29) is 23.5 Å². The van der Waals surface area contributed by atoms with Gasteiger partial charge in [0.2, 0.25) is 5.82 Å². The van der Waals surface area contributed by atoms with Crippen LogP contribution in [0.3, 0.4) is 0 Å². The minimum atomic E-state index is -0.746. The fourth-order valence-corrected chi connectivity index (χ4v) is 4.57. The molecule has 0 spiro atoms. The Bertz CT molecular complexity index is 1630. The Morgan fingerprint density at radius 3 is 2.10 bits per heavy atom. The molecular formula is C32H33N5O5. The van der Waals surface area contributed by atoms with Crippen molar-refractivity contribution >= 4 is 11.9 Å². The minimum Gasteiger partial charge on any atom is -0.488 e. The molecule has 10 nitrogen and oxygen atoms in total. The first-order valence-electron chi connectivity index (χ1n) is 13.7. The van der Waals surface area contributed by atoms with Gasteiger partial charge in [-0.15, -0.1) is 0 Å². The fraction of sp³-hybridized carbons (Fsp3) is 0.250. The van der Waals surface area contributed by atoms with Crippen molar-refractivity contribution in [2.75, 3.05) is 12.4 Å². The van der Waals surface area contributed by atoms with Crippen LogP contribution in [0.2, 0.25) is 0 Å². The molecule has 2 aromatic heterocycles. The highest BCUT2D eigenvalue weighted by atomic mass is 16.5. The van der Waals surface area contributed by atoms with E-state index in [1.807, 2.05) is 66.7 Å². The zero-order chi connectivity index (χ0) is 29.5. The number of hydrogen-bond donors (Lipinski definition) is 2. The summed E-state index contributed by atoms with van der Waals surface area (Å²) in [6.45, 7) is 5.08. The molecule has 0 aliphatic heterocycles. The number of aromatic nitrogens is 3. The van der Waals surface area contributed by atoms with Gasteiger partial charge in [-0.3, -0.25) is 4.79 Å². The standard InChI is InChI=1S/C32H33N5O5/c1-20(2)24-16-23(14-15-25-28(29(30(33)38)36-41-25)31-35-32(34-3)42-37-31)26(39-18-21-10-6-4-7-11-21)17-27(24)40-19-22-12-8-5-9-13-22/h4-13,16-17,20H,14-15,18-19H2,1-3H3,(H2,33,38)(H,34,35,37). The molecule has 3 N–H and O–H groups in total. The first-order valence-corrected chi connectivity index (χ1v) is 13.7. The lowest BCUT2D eigenvalue weighted by molar-refractivity contribution is 0.0992. The molecule has 0 fully saturated rings. The molecular weight excluding hydrogens is 534 g/mol. The molecule has 0 atom stereocenters. The minimum absolute atomic E-state index is 0.0541. The van der Waals surface area contributed by atoms with E-state index in [2.05, 4.69) is 40.5 Å². The van der Waals surface area contributed by atoms with Gasteiger partial charge in [0.25, 0.3) is 5.91 Å². The summed E-state index contributed by atoms with van der Waals surface area (Å²) in [6, 6.07) is 24.3. The molecule has 0 saturated carbocycles. The van der Waals surface area contributed by atoms with E-state index in [0.717, 1.165) is 28.0 Å². The Balaban J connectivity index is 1.47. The molecule has 2 heterocycles. The van der Waals surface area contributed by atoms with Crippen LogP contribution in [-0.4, -0.2) is 28.3 Å². The van der Waals surface area contributed by atoms with E-state index in [4.69, 9.17) is 24.3 Å². The van der Waals surface area contributed by atoms with Crippen molar-refractivity contribution in [2.24, 2.45) is 5.73 Å². The van der Waals surface area contributed by atoms with Gasteiger partial charge in [0.05, 0.1) is 5.56 Å². The molecule has 0 aliphatic carbocycles. The third-order valence-electron chi connectivity index (χ3n) is 6.77. The summed E-state index contributed by atoms with van der Waals surface area (Å²) >= 11 is 0. The van der Waals surface area contributed by atoms with Crippen LogP contribution in [0.5, 0.6) is 11.5 Å². The van der Waals surface area contributed by atoms with Gasteiger partial charge in [-0.2, -0.15) is 4.98 Å². The largest absolute Gasteiger partial charge is 0.488 e. The van der Waals surface area contributed by atoms with E-state index in [0.29, 0.717) is 43.1 Å². The third-order valence-corrected chi connectivity index (χ3v) is 6.77. The van der Waals surface area contributed by atoms with E-state index >= 15 is 0 Å². The number of carbonyl (C=O) groups excluding carboxylic acids is 1. The smallest absolute Gasteiger partial charge is 0.321 e. The van der Waals surface area contributed by atoms with Crippen molar-refractivity contribution in [3.63, 3.8) is 0 Å². The molecule has 0 bridgehead atoms. The number of nitrogens with one attached hydrogen (secondary N) is 1. The molecule has 0 radical (unpaired) electrons. The Labute approximate surface area is 243 Å². The number of rotatable bonds is 13. The second-order valence-corrected chi connectivity index (χ2v) is 10.1. The normalized spacial score (nSPS) is 11.0. The van der Waals surface area contributed by atoms with Crippen molar-refractivity contribution in [3.8, 4) is 22.9 Å². The lowest BCUT2D eigenvalue weighted by Crippen LogP contribution is -2.13. The van der Waals surface area contributed by atoms with Gasteiger partial charge in [-0.1, -0.05) is 84.8 Å². The summed E-state index contributed by atoms with van der Waals surface area (Å²) < 4.78 is 23.4. The molecule has 0 unspecified atom stereocenters. The first-order chi connectivity index (χ1) is 20.4. The van der Waals surface area contributed by atoms with Crippen LogP contribution in [0.4, 0.5) is 6.01 Å². The maximum absolute atomic E-state index is 12.1. The predicted molar refractivity (Wildman–Crippen MR) is 157 cm³/mol. The number of carbonyl (C=O) groups is 1. The molecule has 5 aromatic rings. The Morgan fingerprint density at radius 2 is 1.52 bits per heavy atom. The average molecular weight is 568 g/mol. The van der Waals surface area contributed by atoms with Gasteiger partial charge in [0.15, 0.2) is 5.69 Å². The van der Waals surface area contributed by atoms with E-state index in [9.17, 15) is 4.79 Å². The van der Waals surface area contributed by atoms with E-state index in [1.165, 1.54) is 0 Å². The molecule has 0 aliphatic rings. The van der Waals surface area contributed by atoms with E-state index in [1.54, 1.807) is 7.05 Å². The number of nitrogens with two attached hydrogens (primary N) is 1. The number of amides is 1. The number of anilines is 1. The van der Waals surface area contributed by atoms with Gasteiger partial charge >= 0.3 is 6.01 Å². The lowest BCUT2D eigenvalue weighted by atomic mass is 9.96. The van der Waals surface area contributed by atoms with E-state index < -0.39 is 5.91 Å². The molecule has 3 aromatic carbocycles. The summed E-state index contributed by atoms with van der Waals surface area (Å²) in [7, 11) is 1.65. The van der Waals surface area contributed by atoms with Crippen molar-refractivity contribution in [3.05, 3.63) is 107 Å². The van der Waals surface area contributed by atoms with Crippen molar-refractivity contribution < 1.29 is 23.3 Å². The highest BCUT2D eigenvalue weighted by Gasteiger charge is 2.26. The van der Waals surface area contributed by atoms with Gasteiger partial charge in [0.1, 0.15) is 30.5 Å². The van der Waals surface area contributed by atoms with Crippen LogP contribution >= 0.6 is 0 Å². The maximum atomic E-state index is 12.1. The summed E-state index contributed by atoms with van der Waals surface area (Å²) in [6.07, 6.45) is 0.891. The summed E-state index contributed by atoms with van der Waals surface area (Å²) in [4.78, 5) is 16.4. The Morgan fingerprint density at radius 1 is 0.881 bits per heavy atom. The zero-order valence-electron chi connectivity index (χ0n) is 23.8. The second kappa shape index (κ2) is 13.0. The molecule has 1 amide bonds. The van der Waals surface area contributed by atoms with Crippen molar-refractivity contribution in [1.82, 2.24) is 15.3 Å². The van der Waals surface area contributed by atoms with Crippen molar-refractivity contribution in [2.45, 2.75) is 45.8 Å². The van der Waals surface area contributed by atoms with Crippen molar-refractivity contribution in [1.29, 1.82) is 0 Å². The van der Waals surface area contributed by atoms with Gasteiger partial charge in [-0.25, -0.2) is 0 Å². The molecule has 0 saturated heterocycles. The van der Waals surface area contributed by atoms with Crippen LogP contribution in [-0.2, 0) is 26.1 Å². The van der Waals surface area contributed by atoms with Gasteiger partial charge < -0.3 is 29.6 Å². The Kier molecular flexibility index (Phi) is 8.81. The summed E-state index contributed by atoms with van der Waals surface area (Å²) in [5, 5.41) is 10.7. The first kappa shape index (κ1) is 28.4. The fourth-order valence-electron chi connectivity index (χ4n) is 4.57. The number of benzene rings is 3. The molecule has 10 heteroatoms. The average Bonchev–Trinajstić information content (AvgIpc) is 3.66. The monoisotopic (exact) mass is 567 g/mol. The highest BCUT2D eigenvalue weighted by molar-refractivity contribution is 5.97. The topological polar surface area (TPSA) is 139 Å². The van der Waals surface area contributed by atoms with Gasteiger partial charge in [-0.05, 0) is 40.7 Å². The number of hydrogen-bond acceptors (Lipinski definition) is 9. The molecule has 42 heavy (non-hydrogen) atoms. The number of ether oxygens (including phenoxy) is 2. The van der Waals surface area contributed by atoms with Gasteiger partial charge in [0, 0.05) is 19.5 Å². The third kappa shape index (κ3) is 6.60. The van der Waals surface area contributed by atoms with Crippen LogP contribution in [0.25, 0.3) is 11.4 Å². The number of nitrogens with zero attached hydrogens (tertiary/aromatic N) is 3. The summed E-state index contributed by atoms with van der Waals surface area (Å²) in [5.74, 6) is 1.49. The van der Waals surface area contributed by atoms with Crippen LogP contribution in [0, 0.1) is 0 Å². The van der Waals surface area contributed by atoms with Crippen LogP contribution in [0.15, 0.2) is 81.8 Å². The predicted octanol–water partition coefficient (Wildman–Crippen LogP) is 5.93. The second-order valence-electron chi connectivity index (χ2n) is 10.1. The van der Waals surface area contributed by atoms with Crippen LogP contribution in [0.1, 0.15) is 58.3 Å². The molecule has 5 rings (SSSR count). The maximum Gasteiger partial charge on any atom is 0.321 e. The number of primary amides is 1.